The zero-order chi connectivity index (χ0) is 12.1. The number of nitriles is 1. The molecule has 0 bridgehead atoms. The van der Waals surface area contributed by atoms with Crippen LogP contribution in [0, 0.1) is 11.3 Å². The van der Waals surface area contributed by atoms with Gasteiger partial charge < -0.3 is 9.64 Å². The Morgan fingerprint density at radius 3 is 2.81 bits per heavy atom. The molecule has 0 fully saturated rings. The topological polar surface area (TPSA) is 53.3 Å². The lowest BCUT2D eigenvalue weighted by Gasteiger charge is -2.25. The van der Waals surface area contributed by atoms with E-state index < -0.39 is 5.97 Å². The highest BCUT2D eigenvalue weighted by molar-refractivity contribution is 8.02. The van der Waals surface area contributed by atoms with Gasteiger partial charge in [-0.2, -0.15) is 5.26 Å². The number of methoxy groups -OCH3 is 1. The van der Waals surface area contributed by atoms with Crippen molar-refractivity contribution in [3.63, 3.8) is 0 Å². The number of hydrogen-bond donors (Lipinski definition) is 0. The number of ether oxygens (including phenoxy) is 1. The summed E-state index contributed by atoms with van der Waals surface area (Å²) in [6.07, 6.45) is 7.38. The Hall–Kier alpha value is -1.67. The van der Waals surface area contributed by atoms with Crippen molar-refractivity contribution in [2.75, 3.05) is 20.4 Å². The Labute approximate surface area is 98.9 Å². The zero-order valence-electron chi connectivity index (χ0n) is 9.35. The van der Waals surface area contributed by atoms with E-state index in [1.807, 2.05) is 18.4 Å². The standard InChI is InChI=1S/C11H12N2O2S/c1-13-9(5-4-6-10(13)16-3)8(7-12)11(14)15-2/h4-6H,1-3H3/b9-8-. The van der Waals surface area contributed by atoms with Gasteiger partial charge in [-0.3, -0.25) is 0 Å². The number of thioether (sulfide) groups is 1. The second-order valence-electron chi connectivity index (χ2n) is 2.99. The SMILES string of the molecule is COC(=O)/C(C#N)=C1/C=CC=C(SC)N1C. The van der Waals surface area contributed by atoms with E-state index in [1.54, 1.807) is 35.9 Å². The lowest BCUT2D eigenvalue weighted by molar-refractivity contribution is -0.135. The number of likely N-dealkylation sites (N-methyl/N-ethyl adjacent to an activating group) is 1. The minimum absolute atomic E-state index is 0.0147. The van der Waals surface area contributed by atoms with Gasteiger partial charge in [-0.25, -0.2) is 4.79 Å². The van der Waals surface area contributed by atoms with E-state index in [-0.39, 0.29) is 5.57 Å². The van der Waals surface area contributed by atoms with Crippen molar-refractivity contribution in [1.82, 2.24) is 4.90 Å². The summed E-state index contributed by atoms with van der Waals surface area (Å²) in [5.41, 5.74) is 0.571. The molecule has 0 amide bonds. The number of rotatable bonds is 2. The van der Waals surface area contributed by atoms with E-state index in [0.717, 1.165) is 5.03 Å². The Balaban J connectivity index is 3.19. The second-order valence-corrected chi connectivity index (χ2v) is 3.82. The van der Waals surface area contributed by atoms with Crippen molar-refractivity contribution in [2.24, 2.45) is 0 Å². The molecule has 5 heteroatoms. The first-order chi connectivity index (χ1) is 7.65. The lowest BCUT2D eigenvalue weighted by Crippen LogP contribution is -2.20. The fourth-order valence-electron chi connectivity index (χ4n) is 1.33. The van der Waals surface area contributed by atoms with Gasteiger partial charge in [0.15, 0.2) is 5.57 Å². The molecule has 0 aromatic rings. The highest BCUT2D eigenvalue weighted by Crippen LogP contribution is 2.26. The summed E-state index contributed by atoms with van der Waals surface area (Å²) < 4.78 is 4.57. The van der Waals surface area contributed by atoms with Crippen molar-refractivity contribution in [2.45, 2.75) is 0 Å². The molecule has 84 valence electrons. The zero-order valence-corrected chi connectivity index (χ0v) is 10.2. The second kappa shape index (κ2) is 5.42. The van der Waals surface area contributed by atoms with E-state index in [0.29, 0.717) is 5.70 Å². The minimum Gasteiger partial charge on any atom is -0.465 e. The van der Waals surface area contributed by atoms with Gasteiger partial charge in [0, 0.05) is 7.05 Å². The molecular formula is C11H12N2O2S. The Morgan fingerprint density at radius 1 is 1.62 bits per heavy atom. The fourth-order valence-corrected chi connectivity index (χ4v) is 1.92. The lowest BCUT2D eigenvalue weighted by atomic mass is 10.1. The highest BCUT2D eigenvalue weighted by atomic mass is 32.2. The number of esters is 1. The van der Waals surface area contributed by atoms with Crippen LogP contribution in [-0.4, -0.2) is 31.3 Å². The number of carbonyl (C=O) groups is 1. The molecule has 16 heavy (non-hydrogen) atoms. The quantitative estimate of drug-likeness (QED) is 0.414. The van der Waals surface area contributed by atoms with Crippen molar-refractivity contribution < 1.29 is 9.53 Å². The molecule has 0 N–H and O–H groups in total. The van der Waals surface area contributed by atoms with Gasteiger partial charge in [-0.05, 0) is 18.4 Å². The summed E-state index contributed by atoms with van der Waals surface area (Å²) in [7, 11) is 3.07. The third-order valence-electron chi connectivity index (χ3n) is 2.15. The van der Waals surface area contributed by atoms with Gasteiger partial charge in [-0.1, -0.05) is 6.08 Å². The van der Waals surface area contributed by atoms with Crippen molar-refractivity contribution >= 4 is 17.7 Å². The molecule has 0 aliphatic carbocycles. The molecule has 0 aromatic heterocycles. The van der Waals surface area contributed by atoms with Crippen LogP contribution in [0.25, 0.3) is 0 Å². The molecule has 1 aliphatic rings. The van der Waals surface area contributed by atoms with Crippen LogP contribution >= 0.6 is 11.8 Å². The van der Waals surface area contributed by atoms with Crippen molar-refractivity contribution in [3.05, 3.63) is 34.5 Å². The van der Waals surface area contributed by atoms with E-state index in [4.69, 9.17) is 5.26 Å². The number of allylic oxidation sites excluding steroid dienone is 3. The third-order valence-corrected chi connectivity index (χ3v) is 2.98. The average molecular weight is 236 g/mol. The Kier molecular flexibility index (Phi) is 4.20. The maximum Gasteiger partial charge on any atom is 0.350 e. The largest absolute Gasteiger partial charge is 0.465 e. The third kappa shape index (κ3) is 2.28. The predicted molar refractivity (Wildman–Crippen MR) is 63.2 cm³/mol. The average Bonchev–Trinajstić information content (AvgIpc) is 2.31. The first-order valence-corrected chi connectivity index (χ1v) is 5.77. The monoisotopic (exact) mass is 236 g/mol. The van der Waals surface area contributed by atoms with Crippen LogP contribution in [0.1, 0.15) is 0 Å². The summed E-state index contributed by atoms with van der Waals surface area (Å²) in [6.45, 7) is 0. The molecule has 0 spiro atoms. The van der Waals surface area contributed by atoms with Crippen LogP contribution in [0.15, 0.2) is 34.5 Å². The molecule has 0 saturated heterocycles. The molecular weight excluding hydrogens is 224 g/mol. The molecule has 1 rings (SSSR count). The molecule has 1 heterocycles. The van der Waals surface area contributed by atoms with Crippen LogP contribution in [0.3, 0.4) is 0 Å². The molecule has 0 radical (unpaired) electrons. The van der Waals surface area contributed by atoms with Crippen LogP contribution in [0.5, 0.6) is 0 Å². The van der Waals surface area contributed by atoms with Crippen LogP contribution in [-0.2, 0) is 9.53 Å². The van der Waals surface area contributed by atoms with Crippen LogP contribution in [0.4, 0.5) is 0 Å². The van der Waals surface area contributed by atoms with E-state index >= 15 is 0 Å². The molecule has 4 nitrogen and oxygen atoms in total. The van der Waals surface area contributed by atoms with Crippen molar-refractivity contribution in [3.8, 4) is 6.07 Å². The Morgan fingerprint density at radius 2 is 2.31 bits per heavy atom. The summed E-state index contributed by atoms with van der Waals surface area (Å²) in [6, 6.07) is 1.87. The van der Waals surface area contributed by atoms with Gasteiger partial charge in [0.25, 0.3) is 0 Å². The maximum atomic E-state index is 11.4. The normalized spacial score (nSPS) is 17.6. The fraction of sp³-hybridized carbons (Fsp3) is 0.273. The minimum atomic E-state index is -0.614. The van der Waals surface area contributed by atoms with Gasteiger partial charge in [0.1, 0.15) is 6.07 Å². The van der Waals surface area contributed by atoms with E-state index in [9.17, 15) is 4.79 Å². The first kappa shape index (κ1) is 12.4. The van der Waals surface area contributed by atoms with Gasteiger partial charge in [0.05, 0.1) is 17.8 Å². The van der Waals surface area contributed by atoms with Crippen LogP contribution in [0.2, 0.25) is 0 Å². The Bertz CT molecular complexity index is 430. The molecule has 1 aliphatic heterocycles. The summed E-state index contributed by atoms with van der Waals surface area (Å²) in [5, 5.41) is 9.93. The summed E-state index contributed by atoms with van der Waals surface area (Å²) >= 11 is 1.54. The van der Waals surface area contributed by atoms with Gasteiger partial charge >= 0.3 is 5.97 Å². The predicted octanol–water partition coefficient (Wildman–Crippen LogP) is 1.64. The summed E-state index contributed by atoms with van der Waals surface area (Å²) in [4.78, 5) is 13.2. The van der Waals surface area contributed by atoms with Crippen LogP contribution < -0.4 is 0 Å². The first-order valence-electron chi connectivity index (χ1n) is 4.54. The van der Waals surface area contributed by atoms with Gasteiger partial charge in [-0.15, -0.1) is 11.8 Å². The smallest absolute Gasteiger partial charge is 0.350 e. The number of hydrogen-bond acceptors (Lipinski definition) is 5. The summed E-state index contributed by atoms with van der Waals surface area (Å²) in [5.74, 6) is -0.614. The maximum absolute atomic E-state index is 11.4. The van der Waals surface area contributed by atoms with E-state index in [2.05, 4.69) is 4.74 Å². The highest BCUT2D eigenvalue weighted by Gasteiger charge is 2.20. The molecule has 0 saturated carbocycles. The number of carbonyl (C=O) groups excluding carboxylic acids is 1. The molecule has 0 atom stereocenters. The van der Waals surface area contributed by atoms with E-state index in [1.165, 1.54) is 7.11 Å². The van der Waals surface area contributed by atoms with Gasteiger partial charge in [0.2, 0.25) is 0 Å². The number of nitrogens with zero attached hydrogens (tertiary/aromatic N) is 2. The molecule has 0 aromatic carbocycles. The molecule has 0 unspecified atom stereocenters. The van der Waals surface area contributed by atoms with Crippen molar-refractivity contribution in [1.29, 1.82) is 5.26 Å².